The fraction of sp³-hybridized carbons (Fsp3) is 0.448. The van der Waals surface area contributed by atoms with Crippen LogP contribution < -0.4 is 32.7 Å². The number of aromatic nitrogens is 2. The number of nitrogens with zero attached hydrogens (tertiary/aromatic N) is 2. The monoisotopic (exact) mass is 641 g/mol. The number of carbonyl (C=O) groups excluding carboxylic acids is 6. The van der Waals surface area contributed by atoms with Crippen LogP contribution in [0.4, 0.5) is 0 Å². The molecule has 1 aliphatic rings. The van der Waals surface area contributed by atoms with E-state index in [0.29, 0.717) is 24.1 Å². The molecule has 46 heavy (non-hydrogen) atoms. The summed E-state index contributed by atoms with van der Waals surface area (Å²) in [6.45, 7) is -0.908. The molecule has 0 saturated carbocycles. The van der Waals surface area contributed by atoms with Crippen LogP contribution in [0.5, 0.6) is 0 Å². The lowest BCUT2D eigenvalue weighted by Gasteiger charge is -2.29. The number of amides is 6. The lowest BCUT2D eigenvalue weighted by atomic mass is 10.0. The molecule has 17 nitrogen and oxygen atoms in total. The maximum absolute atomic E-state index is 13.5. The Labute approximate surface area is 264 Å². The molecule has 6 amide bonds. The molecule has 2 heterocycles. The fourth-order valence-corrected chi connectivity index (χ4v) is 4.92. The van der Waals surface area contributed by atoms with E-state index in [9.17, 15) is 33.6 Å². The van der Waals surface area contributed by atoms with Gasteiger partial charge in [0.25, 0.3) is 0 Å². The molecular weight excluding hydrogens is 602 g/mol. The van der Waals surface area contributed by atoms with Gasteiger partial charge in [0.15, 0.2) is 0 Å². The number of hydrogen-bond donors (Lipinski definition) is 8. The summed E-state index contributed by atoms with van der Waals surface area (Å²) in [6, 6.07) is 4.29. The van der Waals surface area contributed by atoms with Crippen LogP contribution in [0.1, 0.15) is 36.9 Å². The standard InChI is InChI=1S/C29H39N9O8/c30-19(12-18-13-32-16-35-18)29(46)38-10-4-7-22(38)28(45)36-20(8-9-23(31)39)27(44)37-21(11-17-5-2-1-3-6-17)26(43)34-14-24(40)33-15-25(41)42/h1-3,5-6,13,16,19-22H,4,7-12,14-15,30H2,(H2,31,39)(H,32,35)(H,33,40)(H,34,43)(H,36,45)(H,37,44)(H,41,42)/t19-,20-,21-,22-/m0/s1. The maximum atomic E-state index is 13.5. The third kappa shape index (κ3) is 11.0. The number of carboxylic acids is 1. The van der Waals surface area contributed by atoms with Gasteiger partial charge < -0.3 is 47.7 Å². The molecule has 4 atom stereocenters. The molecule has 0 unspecified atom stereocenters. The van der Waals surface area contributed by atoms with Gasteiger partial charge in [0.05, 0.1) is 18.9 Å². The number of benzene rings is 1. The minimum Gasteiger partial charge on any atom is -0.480 e. The van der Waals surface area contributed by atoms with Gasteiger partial charge in [-0.05, 0) is 24.8 Å². The number of aliphatic carboxylic acids is 1. The first kappa shape index (κ1) is 35.2. The summed E-state index contributed by atoms with van der Waals surface area (Å²) in [7, 11) is 0. The number of rotatable bonds is 17. The van der Waals surface area contributed by atoms with Crippen molar-refractivity contribution in [1.82, 2.24) is 36.1 Å². The van der Waals surface area contributed by atoms with E-state index in [1.54, 1.807) is 36.5 Å². The van der Waals surface area contributed by atoms with E-state index in [1.807, 2.05) is 0 Å². The molecule has 1 aromatic heterocycles. The van der Waals surface area contributed by atoms with E-state index < -0.39 is 78.7 Å². The van der Waals surface area contributed by atoms with Crippen LogP contribution in [0.2, 0.25) is 0 Å². The lowest BCUT2D eigenvalue weighted by Crippen LogP contribution is -2.58. The van der Waals surface area contributed by atoms with Gasteiger partial charge in [-0.25, -0.2) is 4.98 Å². The first-order valence-electron chi connectivity index (χ1n) is 14.7. The highest BCUT2D eigenvalue weighted by molar-refractivity contribution is 5.96. The van der Waals surface area contributed by atoms with Crippen molar-refractivity contribution in [3.05, 3.63) is 54.1 Å². The Morgan fingerprint density at radius 2 is 1.72 bits per heavy atom. The van der Waals surface area contributed by atoms with Gasteiger partial charge in [-0.2, -0.15) is 0 Å². The van der Waals surface area contributed by atoms with Crippen LogP contribution in [-0.2, 0) is 46.4 Å². The van der Waals surface area contributed by atoms with Crippen molar-refractivity contribution in [3.63, 3.8) is 0 Å². The van der Waals surface area contributed by atoms with Gasteiger partial charge in [-0.1, -0.05) is 30.3 Å². The van der Waals surface area contributed by atoms with Crippen LogP contribution in [0.15, 0.2) is 42.9 Å². The number of hydrogen-bond acceptors (Lipinski definition) is 9. The summed E-state index contributed by atoms with van der Waals surface area (Å²) in [5, 5.41) is 18.4. The smallest absolute Gasteiger partial charge is 0.322 e. The number of H-pyrrole nitrogens is 1. The van der Waals surface area contributed by atoms with Crippen LogP contribution in [0.25, 0.3) is 0 Å². The molecule has 0 radical (unpaired) electrons. The van der Waals surface area contributed by atoms with Gasteiger partial charge in [0.2, 0.25) is 35.4 Å². The summed E-state index contributed by atoms with van der Waals surface area (Å²) >= 11 is 0. The quantitative estimate of drug-likeness (QED) is 0.0870. The van der Waals surface area contributed by atoms with Gasteiger partial charge in [-0.15, -0.1) is 0 Å². The Hall–Kier alpha value is -5.32. The SMILES string of the molecule is NC(=O)CC[C@H](NC(=O)[C@@H]1CCCN1C(=O)[C@@H](N)Cc1cnc[nH]1)C(=O)N[C@@H](Cc1ccccc1)C(=O)NCC(=O)NCC(=O)O. The number of primary amides is 1. The molecule has 1 saturated heterocycles. The lowest BCUT2D eigenvalue weighted by molar-refractivity contribution is -0.140. The third-order valence-corrected chi connectivity index (χ3v) is 7.24. The Kier molecular flexibility index (Phi) is 13.2. The molecule has 3 rings (SSSR count). The summed E-state index contributed by atoms with van der Waals surface area (Å²) in [6.07, 6.45) is 3.58. The van der Waals surface area contributed by atoms with Gasteiger partial charge in [0.1, 0.15) is 24.7 Å². The predicted molar refractivity (Wildman–Crippen MR) is 161 cm³/mol. The highest BCUT2D eigenvalue weighted by Crippen LogP contribution is 2.19. The van der Waals surface area contributed by atoms with Crippen molar-refractivity contribution in [2.75, 3.05) is 19.6 Å². The van der Waals surface area contributed by atoms with Gasteiger partial charge in [0, 0.05) is 37.7 Å². The van der Waals surface area contributed by atoms with Crippen LogP contribution >= 0.6 is 0 Å². The zero-order valence-electron chi connectivity index (χ0n) is 25.1. The number of aromatic amines is 1. The molecule has 0 spiro atoms. The zero-order valence-corrected chi connectivity index (χ0v) is 25.1. The number of carbonyl (C=O) groups is 7. The minimum atomic E-state index is -1.30. The van der Waals surface area contributed by atoms with E-state index in [-0.39, 0.29) is 32.2 Å². The predicted octanol–water partition coefficient (Wildman–Crippen LogP) is -2.93. The molecule has 0 aliphatic carbocycles. The van der Waals surface area contributed by atoms with Crippen LogP contribution in [0.3, 0.4) is 0 Å². The highest BCUT2D eigenvalue weighted by Gasteiger charge is 2.38. The second-order valence-corrected chi connectivity index (χ2v) is 10.8. The first-order chi connectivity index (χ1) is 21.9. The summed E-state index contributed by atoms with van der Waals surface area (Å²) in [4.78, 5) is 95.6. The first-order valence-corrected chi connectivity index (χ1v) is 14.7. The van der Waals surface area contributed by atoms with E-state index in [4.69, 9.17) is 16.6 Å². The van der Waals surface area contributed by atoms with Crippen molar-refractivity contribution in [2.24, 2.45) is 11.5 Å². The number of nitrogens with one attached hydrogen (secondary N) is 5. The van der Waals surface area contributed by atoms with Crippen LogP contribution in [0, 0.1) is 0 Å². The van der Waals surface area contributed by atoms with Gasteiger partial charge in [-0.3, -0.25) is 33.6 Å². The Bertz CT molecular complexity index is 1390. The summed E-state index contributed by atoms with van der Waals surface area (Å²) < 4.78 is 0. The van der Waals surface area contributed by atoms with E-state index in [1.165, 1.54) is 11.2 Å². The molecule has 1 fully saturated rings. The number of nitrogens with two attached hydrogens (primary N) is 2. The normalized spacial score (nSPS) is 16.0. The minimum absolute atomic E-state index is 0.00473. The molecule has 2 aromatic rings. The molecule has 1 aliphatic heterocycles. The van der Waals surface area contributed by atoms with E-state index >= 15 is 0 Å². The average molecular weight is 642 g/mol. The topological polar surface area (TPSA) is 272 Å². The third-order valence-electron chi connectivity index (χ3n) is 7.24. The molecular formula is C29H39N9O8. The van der Waals surface area contributed by atoms with E-state index in [2.05, 4.69) is 31.2 Å². The van der Waals surface area contributed by atoms with E-state index in [0.717, 1.165) is 0 Å². The number of likely N-dealkylation sites (tertiary alicyclic amines) is 1. The summed E-state index contributed by atoms with van der Waals surface area (Å²) in [5.41, 5.74) is 12.8. The molecule has 248 valence electrons. The number of imidazole rings is 1. The Morgan fingerprint density at radius 3 is 2.37 bits per heavy atom. The second kappa shape index (κ2) is 17.2. The fourth-order valence-electron chi connectivity index (χ4n) is 4.92. The van der Waals surface area contributed by atoms with Crippen molar-refractivity contribution in [2.45, 2.75) is 62.7 Å². The van der Waals surface area contributed by atoms with Gasteiger partial charge >= 0.3 is 5.97 Å². The zero-order chi connectivity index (χ0) is 33.6. The highest BCUT2D eigenvalue weighted by atomic mass is 16.4. The van der Waals surface area contributed by atoms with Crippen molar-refractivity contribution in [3.8, 4) is 0 Å². The van der Waals surface area contributed by atoms with Crippen molar-refractivity contribution >= 4 is 41.4 Å². The number of carboxylic acid groups (broad SMARTS) is 1. The average Bonchev–Trinajstić information content (AvgIpc) is 3.73. The molecule has 0 bridgehead atoms. The second-order valence-electron chi connectivity index (χ2n) is 10.8. The molecule has 1 aromatic carbocycles. The largest absolute Gasteiger partial charge is 0.480 e. The van der Waals surface area contributed by atoms with Crippen molar-refractivity contribution in [1.29, 1.82) is 0 Å². The van der Waals surface area contributed by atoms with Crippen molar-refractivity contribution < 1.29 is 38.7 Å². The maximum Gasteiger partial charge on any atom is 0.322 e. The van der Waals surface area contributed by atoms with Crippen LogP contribution in [-0.4, -0.2) is 105 Å². The molecule has 10 N–H and O–H groups in total. The Morgan fingerprint density at radius 1 is 0.978 bits per heavy atom. The molecule has 17 heteroatoms. The Balaban J connectivity index is 1.71. The summed E-state index contributed by atoms with van der Waals surface area (Å²) in [5.74, 6) is -5.37.